The first-order valence-corrected chi connectivity index (χ1v) is 13.2. The minimum Gasteiger partial charge on any atom is -0.743 e. The number of hydrogen-bond acceptors (Lipinski definition) is 6. The lowest BCUT2D eigenvalue weighted by Gasteiger charge is -2.17. The van der Waals surface area contributed by atoms with E-state index in [0.29, 0.717) is 34.8 Å². The quantitative estimate of drug-likeness (QED) is 0.160. The predicted octanol–water partition coefficient (Wildman–Crippen LogP) is 3.00. The molecule has 0 amide bonds. The molecule has 6 nitrogen and oxygen atoms in total. The van der Waals surface area contributed by atoms with Crippen LogP contribution in [0.3, 0.4) is 0 Å². The average Bonchev–Trinajstić information content (AvgIpc) is 2.57. The number of halogens is 3. The van der Waals surface area contributed by atoms with Gasteiger partial charge in [-0.15, -0.1) is 0 Å². The second-order valence-electron chi connectivity index (χ2n) is 6.29. The molecule has 160 valence electrons. The molecule has 1 rings (SSSR count). The van der Waals surface area contributed by atoms with Crippen LogP contribution in [0.25, 0.3) is 0 Å². The van der Waals surface area contributed by atoms with E-state index in [0.717, 1.165) is 37.4 Å². The highest BCUT2D eigenvalue weighted by Crippen LogP contribution is 2.22. The Hall–Kier alpha value is -0.260. The molecule has 0 aromatic carbocycles. The molecule has 0 bridgehead atoms. The zero-order valence-corrected chi connectivity index (χ0v) is 18.8. The van der Waals surface area contributed by atoms with Crippen LogP contribution in [0.1, 0.15) is 51.4 Å². The van der Waals surface area contributed by atoms with E-state index in [4.69, 9.17) is 0 Å². The van der Waals surface area contributed by atoms with Gasteiger partial charge in [-0.2, -0.15) is 8.78 Å². The van der Waals surface area contributed by atoms with Gasteiger partial charge in [0.25, 0.3) is 0 Å². The van der Waals surface area contributed by atoms with Gasteiger partial charge in [-0.1, -0.05) is 28.8 Å². The molecular formula is C16H27BrF2O6S2. The zero-order chi connectivity index (χ0) is 21.1. The van der Waals surface area contributed by atoms with E-state index in [9.17, 15) is 31.3 Å². The molecule has 0 spiro atoms. The minimum absolute atomic E-state index is 0.318. The molecule has 0 heterocycles. The second-order valence-corrected chi connectivity index (χ2v) is 10.8. The summed E-state index contributed by atoms with van der Waals surface area (Å²) >= 11 is 3.20. The molecule has 11 heteroatoms. The van der Waals surface area contributed by atoms with Crippen LogP contribution in [0, 0.1) is 0 Å². The third kappa shape index (κ3) is 10.2. The molecule has 1 unspecified atom stereocenters. The maximum absolute atomic E-state index is 12.6. The van der Waals surface area contributed by atoms with Crippen LogP contribution in [-0.4, -0.2) is 59.7 Å². The molecular weight excluding hydrogens is 470 g/mol. The van der Waals surface area contributed by atoms with Crippen molar-refractivity contribution in [1.82, 2.24) is 0 Å². The number of ketones is 1. The van der Waals surface area contributed by atoms with Crippen LogP contribution in [-0.2, 0) is 35.3 Å². The Kier molecular flexibility index (Phi) is 12.9. The summed E-state index contributed by atoms with van der Waals surface area (Å²) in [6.45, 7) is -0.327. The van der Waals surface area contributed by atoms with Gasteiger partial charge in [0.15, 0.2) is 21.2 Å². The molecule has 0 aliphatic heterocycles. The van der Waals surface area contributed by atoms with Gasteiger partial charge in [0.1, 0.15) is 0 Å². The standard InChI is InChI=1S/C8H13BrF2O5S.C8H15OS/c9-5-3-1-2-4-6-16-7(12)8(10,11)17(13,14)15;1-10(2)8-6-4-3-5-7(8)9/h1-6H2,(H,13,14,15);8H,3-6H2,1-2H3/q;+1/p-1. The fourth-order valence-corrected chi connectivity index (χ4v) is 4.29. The fraction of sp³-hybridized carbons (Fsp3) is 0.875. The highest BCUT2D eigenvalue weighted by Gasteiger charge is 2.48. The molecule has 1 fully saturated rings. The van der Waals surface area contributed by atoms with E-state index < -0.39 is 21.3 Å². The minimum atomic E-state index is -6.02. The predicted molar refractivity (Wildman–Crippen MR) is 104 cm³/mol. The Morgan fingerprint density at radius 3 is 2.30 bits per heavy atom. The highest BCUT2D eigenvalue weighted by molar-refractivity contribution is 9.09. The van der Waals surface area contributed by atoms with Gasteiger partial charge in [0, 0.05) is 18.2 Å². The number of rotatable bonds is 9. The van der Waals surface area contributed by atoms with Gasteiger partial charge in [0.05, 0.1) is 19.1 Å². The fourth-order valence-electron chi connectivity index (χ4n) is 2.35. The van der Waals surface area contributed by atoms with Crippen molar-refractivity contribution in [2.75, 3.05) is 24.4 Å². The summed E-state index contributed by atoms with van der Waals surface area (Å²) < 4.78 is 59.4. The molecule has 1 saturated carbocycles. The summed E-state index contributed by atoms with van der Waals surface area (Å²) in [5.74, 6) is -1.80. The molecule has 1 aliphatic carbocycles. The topological polar surface area (TPSA) is 101 Å². The third-order valence-electron chi connectivity index (χ3n) is 3.88. The van der Waals surface area contributed by atoms with Crippen LogP contribution in [0.2, 0.25) is 0 Å². The Morgan fingerprint density at radius 1 is 1.26 bits per heavy atom. The van der Waals surface area contributed by atoms with Crippen LogP contribution in [0.4, 0.5) is 8.78 Å². The SMILES string of the molecule is C[S+](C)C1CCCCC1=O.O=C(OCCCCCCBr)C(F)(F)S(=O)(=O)[O-]. The summed E-state index contributed by atoms with van der Waals surface area (Å²) in [6, 6.07) is 0. The number of carbonyl (C=O) groups excluding carboxylic acids is 2. The smallest absolute Gasteiger partial charge is 0.428 e. The van der Waals surface area contributed by atoms with Crippen LogP contribution in [0.15, 0.2) is 0 Å². The zero-order valence-electron chi connectivity index (χ0n) is 15.5. The van der Waals surface area contributed by atoms with E-state index in [-0.39, 0.29) is 6.61 Å². The summed E-state index contributed by atoms with van der Waals surface area (Å²) in [5.41, 5.74) is 0. The van der Waals surface area contributed by atoms with E-state index in [2.05, 4.69) is 33.2 Å². The Labute approximate surface area is 171 Å². The Balaban J connectivity index is 0.000000569. The third-order valence-corrected chi connectivity index (χ3v) is 6.87. The van der Waals surface area contributed by atoms with Crippen molar-refractivity contribution in [2.24, 2.45) is 0 Å². The van der Waals surface area contributed by atoms with Gasteiger partial charge in [-0.25, -0.2) is 13.2 Å². The van der Waals surface area contributed by atoms with E-state index in [1.165, 1.54) is 6.42 Å². The number of carbonyl (C=O) groups is 2. The van der Waals surface area contributed by atoms with E-state index >= 15 is 0 Å². The molecule has 0 N–H and O–H groups in total. The van der Waals surface area contributed by atoms with E-state index in [1.807, 2.05) is 0 Å². The number of hydrogen-bond donors (Lipinski definition) is 0. The van der Waals surface area contributed by atoms with Crippen LogP contribution < -0.4 is 0 Å². The molecule has 1 aliphatic rings. The van der Waals surface area contributed by atoms with Gasteiger partial charge < -0.3 is 9.29 Å². The normalized spacial score (nSPS) is 18.0. The van der Waals surface area contributed by atoms with Crippen molar-refractivity contribution in [3.05, 3.63) is 0 Å². The van der Waals surface area contributed by atoms with Crippen molar-refractivity contribution >= 4 is 48.7 Å². The van der Waals surface area contributed by atoms with Gasteiger partial charge in [-0.05, 0) is 36.6 Å². The van der Waals surface area contributed by atoms with Crippen molar-refractivity contribution in [3.8, 4) is 0 Å². The number of unbranched alkanes of at least 4 members (excludes halogenated alkanes) is 3. The second kappa shape index (κ2) is 13.1. The van der Waals surface area contributed by atoms with Gasteiger partial charge in [0.2, 0.25) is 0 Å². The molecule has 0 radical (unpaired) electrons. The molecule has 1 atom stereocenters. The lowest BCUT2D eigenvalue weighted by atomic mass is 9.99. The summed E-state index contributed by atoms with van der Waals surface area (Å²) in [7, 11) is -5.70. The summed E-state index contributed by atoms with van der Waals surface area (Å²) in [5, 5.41) is -3.78. The number of ether oxygens (including phenoxy) is 1. The van der Waals surface area contributed by atoms with Crippen LogP contribution >= 0.6 is 15.9 Å². The molecule has 0 aromatic rings. The maximum atomic E-state index is 12.6. The number of Topliss-reactive ketones (excluding diaryl/α,β-unsaturated/α-hetero) is 1. The first-order valence-electron chi connectivity index (χ1n) is 8.60. The number of alkyl halides is 3. The Bertz CT molecular complexity index is 569. The largest absolute Gasteiger partial charge is 0.743 e. The first kappa shape index (κ1) is 26.7. The molecule has 0 aromatic heterocycles. The lowest BCUT2D eigenvalue weighted by Crippen LogP contribution is -2.39. The van der Waals surface area contributed by atoms with E-state index in [1.54, 1.807) is 0 Å². The van der Waals surface area contributed by atoms with Crippen molar-refractivity contribution in [3.63, 3.8) is 0 Å². The number of esters is 1. The van der Waals surface area contributed by atoms with Crippen molar-refractivity contribution < 1.29 is 36.1 Å². The van der Waals surface area contributed by atoms with Gasteiger partial charge in [-0.3, -0.25) is 4.79 Å². The summed E-state index contributed by atoms with van der Waals surface area (Å²) in [4.78, 5) is 21.9. The lowest BCUT2D eigenvalue weighted by molar-refractivity contribution is -0.161. The van der Waals surface area contributed by atoms with Crippen LogP contribution in [0.5, 0.6) is 0 Å². The Morgan fingerprint density at radius 2 is 1.85 bits per heavy atom. The van der Waals surface area contributed by atoms with Crippen molar-refractivity contribution in [1.29, 1.82) is 0 Å². The van der Waals surface area contributed by atoms with Gasteiger partial charge >= 0.3 is 11.2 Å². The monoisotopic (exact) mass is 496 g/mol. The van der Waals surface area contributed by atoms with Crippen molar-refractivity contribution in [2.45, 2.75) is 61.9 Å². The maximum Gasteiger partial charge on any atom is 0.428 e. The summed E-state index contributed by atoms with van der Waals surface area (Å²) in [6.07, 6.45) is 11.5. The average molecular weight is 497 g/mol. The highest BCUT2D eigenvalue weighted by atomic mass is 79.9. The molecule has 27 heavy (non-hydrogen) atoms. The first-order chi connectivity index (χ1) is 12.4. The molecule has 0 saturated heterocycles.